The van der Waals surface area contributed by atoms with Crippen molar-refractivity contribution < 1.29 is 19.4 Å². The number of hydrogen-bond donors (Lipinski definition) is 1. The van der Waals surface area contributed by atoms with E-state index in [0.29, 0.717) is 18.3 Å². The molecule has 3 rings (SSSR count). The van der Waals surface area contributed by atoms with Crippen LogP contribution in [0.4, 0.5) is 0 Å². The van der Waals surface area contributed by atoms with E-state index in [-0.39, 0.29) is 35.7 Å². The van der Waals surface area contributed by atoms with Gasteiger partial charge in [0.2, 0.25) is 5.91 Å². The lowest BCUT2D eigenvalue weighted by atomic mass is 9.57. The maximum Gasteiger partial charge on any atom is 0.303 e. The van der Waals surface area contributed by atoms with Gasteiger partial charge < -0.3 is 14.7 Å². The molecular weight excluding hydrogens is 342 g/mol. The number of fused-ring (bicyclic) bond motifs is 1. The fraction of sp³-hybridized carbons (Fsp3) is 0.818. The van der Waals surface area contributed by atoms with Gasteiger partial charge in [-0.25, -0.2) is 0 Å². The third-order valence-electron chi connectivity index (χ3n) is 7.19. The minimum Gasteiger partial charge on any atom is -0.458 e. The number of hydrogen-bond acceptors (Lipinski definition) is 4. The molecule has 5 heteroatoms. The highest BCUT2D eigenvalue weighted by Gasteiger charge is 2.52. The summed E-state index contributed by atoms with van der Waals surface area (Å²) < 4.78 is 5.47. The fourth-order valence-corrected chi connectivity index (χ4v) is 5.30. The van der Waals surface area contributed by atoms with Gasteiger partial charge in [0.05, 0.1) is 5.60 Å². The standard InChI is InChI=1S/C22H35NO4/c1-13-10-19-18(14(2)12-23(5)21(25)17-7-8-17)9-6-15(3)22(19,26)11-20(13)27-16(4)24/h10,14-15,17-20,26H,6-9,11-12H2,1-5H3/t14?,15-,18+,19-,20-,22-/m1/s1. The molecule has 0 radical (unpaired) electrons. The van der Waals surface area contributed by atoms with Gasteiger partial charge in [-0.15, -0.1) is 0 Å². The highest BCUT2D eigenvalue weighted by atomic mass is 16.5. The van der Waals surface area contributed by atoms with E-state index in [2.05, 4.69) is 19.9 Å². The van der Waals surface area contributed by atoms with Gasteiger partial charge in [0.1, 0.15) is 6.10 Å². The summed E-state index contributed by atoms with van der Waals surface area (Å²) in [6, 6.07) is 0. The summed E-state index contributed by atoms with van der Waals surface area (Å²) in [7, 11) is 1.91. The van der Waals surface area contributed by atoms with Crippen molar-refractivity contribution in [1.82, 2.24) is 4.90 Å². The zero-order valence-electron chi connectivity index (χ0n) is 17.4. The third-order valence-corrected chi connectivity index (χ3v) is 7.19. The summed E-state index contributed by atoms with van der Waals surface area (Å²) in [5.41, 5.74) is 0.184. The van der Waals surface area contributed by atoms with Crippen LogP contribution in [0, 0.1) is 29.6 Å². The van der Waals surface area contributed by atoms with Crippen LogP contribution in [-0.2, 0) is 14.3 Å². The number of ether oxygens (including phenoxy) is 1. The van der Waals surface area contributed by atoms with Crippen LogP contribution in [-0.4, -0.2) is 47.2 Å². The Morgan fingerprint density at radius 3 is 2.59 bits per heavy atom. The molecule has 0 saturated heterocycles. The van der Waals surface area contributed by atoms with Crippen LogP contribution in [0.1, 0.15) is 59.8 Å². The molecule has 1 amide bonds. The van der Waals surface area contributed by atoms with Crippen molar-refractivity contribution >= 4 is 11.9 Å². The monoisotopic (exact) mass is 377 g/mol. The molecule has 6 atom stereocenters. The van der Waals surface area contributed by atoms with E-state index >= 15 is 0 Å². The molecule has 27 heavy (non-hydrogen) atoms. The molecule has 0 aromatic carbocycles. The van der Waals surface area contributed by atoms with E-state index in [1.165, 1.54) is 6.92 Å². The number of rotatable bonds is 5. The Balaban J connectivity index is 1.77. The topological polar surface area (TPSA) is 66.8 Å². The van der Waals surface area contributed by atoms with Crippen molar-refractivity contribution in [3.8, 4) is 0 Å². The van der Waals surface area contributed by atoms with E-state index in [0.717, 1.165) is 37.8 Å². The Hall–Kier alpha value is -1.36. The molecule has 1 unspecified atom stereocenters. The first kappa shape index (κ1) is 20.4. The Bertz CT molecular complexity index is 626. The van der Waals surface area contributed by atoms with Crippen molar-refractivity contribution in [3.05, 3.63) is 11.6 Å². The van der Waals surface area contributed by atoms with Gasteiger partial charge in [0.15, 0.2) is 0 Å². The number of carbonyl (C=O) groups excluding carboxylic acids is 2. The van der Waals surface area contributed by atoms with E-state index < -0.39 is 5.60 Å². The SMILES string of the molecule is CC(=O)O[C@@H]1C[C@@]2(O)[C@H](C)CC[C@@H](C(C)CN(C)C(=O)C3CC3)[C@H]2C=C1C. The van der Waals surface area contributed by atoms with E-state index in [1.807, 2.05) is 18.9 Å². The predicted octanol–water partition coefficient (Wildman–Crippen LogP) is 3.17. The summed E-state index contributed by atoms with van der Waals surface area (Å²) >= 11 is 0. The number of aliphatic hydroxyl groups is 1. The zero-order chi connectivity index (χ0) is 19.9. The molecule has 0 spiro atoms. The van der Waals surface area contributed by atoms with Crippen molar-refractivity contribution in [2.24, 2.45) is 29.6 Å². The Labute approximate surface area is 163 Å². The van der Waals surface area contributed by atoms with Crippen molar-refractivity contribution in [2.75, 3.05) is 13.6 Å². The largest absolute Gasteiger partial charge is 0.458 e. The van der Waals surface area contributed by atoms with Crippen molar-refractivity contribution in [1.29, 1.82) is 0 Å². The molecular formula is C22H35NO4. The number of esters is 1. The van der Waals surface area contributed by atoms with Crippen LogP contribution in [0.25, 0.3) is 0 Å². The molecule has 3 aliphatic carbocycles. The molecule has 0 aliphatic heterocycles. The highest BCUT2D eigenvalue weighted by Crippen LogP contribution is 2.51. The van der Waals surface area contributed by atoms with Crippen molar-refractivity contribution in [3.63, 3.8) is 0 Å². The van der Waals surface area contributed by atoms with Gasteiger partial charge in [-0.2, -0.15) is 0 Å². The van der Waals surface area contributed by atoms with Gasteiger partial charge >= 0.3 is 5.97 Å². The number of carbonyl (C=O) groups is 2. The zero-order valence-corrected chi connectivity index (χ0v) is 17.4. The molecule has 2 fully saturated rings. The maximum absolute atomic E-state index is 12.3. The normalized spacial score (nSPS) is 37.0. The van der Waals surface area contributed by atoms with Crippen LogP contribution in [0.5, 0.6) is 0 Å². The third kappa shape index (κ3) is 4.08. The number of amides is 1. The second-order valence-corrected chi connectivity index (χ2v) is 9.34. The first-order chi connectivity index (χ1) is 12.6. The molecule has 0 aromatic rings. The molecule has 0 aromatic heterocycles. The summed E-state index contributed by atoms with van der Waals surface area (Å²) in [6.07, 6.45) is 6.36. The van der Waals surface area contributed by atoms with E-state index in [1.54, 1.807) is 0 Å². The van der Waals surface area contributed by atoms with Gasteiger partial charge in [-0.3, -0.25) is 9.59 Å². The smallest absolute Gasteiger partial charge is 0.303 e. The number of nitrogens with zero attached hydrogens (tertiary/aromatic N) is 1. The van der Waals surface area contributed by atoms with Crippen LogP contribution in [0.15, 0.2) is 11.6 Å². The van der Waals surface area contributed by atoms with Crippen LogP contribution < -0.4 is 0 Å². The molecule has 5 nitrogen and oxygen atoms in total. The second-order valence-electron chi connectivity index (χ2n) is 9.34. The molecule has 3 aliphatic rings. The summed E-state index contributed by atoms with van der Waals surface area (Å²) in [4.78, 5) is 25.7. The lowest BCUT2D eigenvalue weighted by molar-refractivity contribution is -0.159. The Morgan fingerprint density at radius 1 is 1.33 bits per heavy atom. The Kier molecular flexibility index (Phi) is 5.72. The average molecular weight is 378 g/mol. The summed E-state index contributed by atoms with van der Waals surface area (Å²) in [6.45, 7) is 8.47. The maximum atomic E-state index is 12.3. The van der Waals surface area contributed by atoms with Crippen LogP contribution in [0.3, 0.4) is 0 Å². The van der Waals surface area contributed by atoms with E-state index in [9.17, 15) is 14.7 Å². The lowest BCUT2D eigenvalue weighted by Gasteiger charge is -2.53. The van der Waals surface area contributed by atoms with Gasteiger partial charge in [-0.05, 0) is 55.9 Å². The second kappa shape index (κ2) is 7.57. The van der Waals surface area contributed by atoms with Gasteiger partial charge in [-0.1, -0.05) is 19.9 Å². The first-order valence-corrected chi connectivity index (χ1v) is 10.5. The quantitative estimate of drug-likeness (QED) is 0.590. The van der Waals surface area contributed by atoms with Crippen LogP contribution in [0.2, 0.25) is 0 Å². The summed E-state index contributed by atoms with van der Waals surface area (Å²) in [5.74, 6) is 1.07. The molecule has 0 bridgehead atoms. The fourth-order valence-electron chi connectivity index (χ4n) is 5.30. The van der Waals surface area contributed by atoms with Gasteiger partial charge in [0, 0.05) is 38.8 Å². The minimum atomic E-state index is -0.851. The average Bonchev–Trinajstić information content (AvgIpc) is 3.41. The molecule has 2 saturated carbocycles. The molecule has 152 valence electrons. The summed E-state index contributed by atoms with van der Waals surface area (Å²) in [5, 5.41) is 11.6. The van der Waals surface area contributed by atoms with Crippen LogP contribution >= 0.6 is 0 Å². The Morgan fingerprint density at radius 2 is 2.00 bits per heavy atom. The highest BCUT2D eigenvalue weighted by molar-refractivity contribution is 5.80. The minimum absolute atomic E-state index is 0.0486. The molecule has 1 N–H and O–H groups in total. The predicted molar refractivity (Wildman–Crippen MR) is 104 cm³/mol. The first-order valence-electron chi connectivity index (χ1n) is 10.5. The van der Waals surface area contributed by atoms with Crippen molar-refractivity contribution in [2.45, 2.75) is 71.5 Å². The lowest BCUT2D eigenvalue weighted by Crippen LogP contribution is -2.56. The van der Waals surface area contributed by atoms with E-state index in [4.69, 9.17) is 4.74 Å². The van der Waals surface area contributed by atoms with Gasteiger partial charge in [0.25, 0.3) is 0 Å². The molecule has 0 heterocycles.